The number of hydrogen-bond donors (Lipinski definition) is 1. The molecule has 1 aromatic heterocycles. The number of carbonyl (C=O) groups is 1. The van der Waals surface area contributed by atoms with Crippen LogP contribution >= 0.6 is 0 Å². The molecule has 1 N–H and O–H groups in total. The van der Waals surface area contributed by atoms with Crippen LogP contribution in [0.1, 0.15) is 39.1 Å². The van der Waals surface area contributed by atoms with Gasteiger partial charge in [0.15, 0.2) is 0 Å². The minimum absolute atomic E-state index is 0.0490. The van der Waals surface area contributed by atoms with E-state index >= 15 is 0 Å². The molecule has 0 fully saturated rings. The molecule has 2 amide bonds. The highest BCUT2D eigenvalue weighted by Gasteiger charge is 2.15. The first kappa shape index (κ1) is 16.4. The topological polar surface area (TPSA) is 50.2 Å². The molecule has 0 aromatic carbocycles. The standard InChI is InChI=1S/C13H22F2N4O/c1-10(2)5-4-6-17-13(20)18(3)9-11-16-7-8-19(11)12(14)15/h7-8,10,12H,4-6,9H2,1-3H3,(H,17,20). The molecular weight excluding hydrogens is 266 g/mol. The van der Waals surface area contributed by atoms with Crippen LogP contribution in [0.15, 0.2) is 12.4 Å². The van der Waals surface area contributed by atoms with Crippen molar-refractivity contribution in [3.05, 3.63) is 18.2 Å². The van der Waals surface area contributed by atoms with Crippen molar-refractivity contribution in [3.63, 3.8) is 0 Å². The smallest absolute Gasteiger partial charge is 0.319 e. The number of halogens is 2. The van der Waals surface area contributed by atoms with Gasteiger partial charge in [0, 0.05) is 26.0 Å². The number of alkyl halides is 2. The highest BCUT2D eigenvalue weighted by atomic mass is 19.3. The van der Waals surface area contributed by atoms with Crippen LogP contribution in [0.5, 0.6) is 0 Å². The maximum Gasteiger partial charge on any atom is 0.319 e. The highest BCUT2D eigenvalue weighted by molar-refractivity contribution is 5.73. The third-order valence-electron chi connectivity index (χ3n) is 2.92. The van der Waals surface area contributed by atoms with Gasteiger partial charge in [0.1, 0.15) is 5.82 Å². The summed E-state index contributed by atoms with van der Waals surface area (Å²) in [6.45, 7) is 2.24. The van der Waals surface area contributed by atoms with E-state index in [2.05, 4.69) is 24.1 Å². The van der Waals surface area contributed by atoms with Crippen LogP contribution in [0.2, 0.25) is 0 Å². The number of amides is 2. The van der Waals surface area contributed by atoms with E-state index in [0.29, 0.717) is 12.5 Å². The molecule has 0 aliphatic carbocycles. The Kier molecular flexibility index (Phi) is 6.41. The zero-order valence-electron chi connectivity index (χ0n) is 12.1. The Balaban J connectivity index is 2.39. The van der Waals surface area contributed by atoms with Crippen LogP contribution in [0.4, 0.5) is 13.6 Å². The minimum Gasteiger partial charge on any atom is -0.338 e. The first-order valence-corrected chi connectivity index (χ1v) is 6.70. The van der Waals surface area contributed by atoms with Gasteiger partial charge in [0.25, 0.3) is 0 Å². The third kappa shape index (κ3) is 5.14. The normalized spacial score (nSPS) is 11.2. The fourth-order valence-corrected chi connectivity index (χ4v) is 1.77. The van der Waals surface area contributed by atoms with Crippen molar-refractivity contribution < 1.29 is 13.6 Å². The average Bonchev–Trinajstić information content (AvgIpc) is 2.82. The number of carbonyl (C=O) groups excluding carboxylic acids is 1. The van der Waals surface area contributed by atoms with Gasteiger partial charge in [-0.15, -0.1) is 0 Å². The molecule has 0 saturated carbocycles. The largest absolute Gasteiger partial charge is 0.338 e. The Bertz CT molecular complexity index is 420. The highest BCUT2D eigenvalue weighted by Crippen LogP contribution is 2.13. The van der Waals surface area contributed by atoms with Crippen LogP contribution in [0.25, 0.3) is 0 Å². The first-order valence-electron chi connectivity index (χ1n) is 6.70. The SMILES string of the molecule is CC(C)CCCNC(=O)N(C)Cc1nccn1C(F)F. The Morgan fingerprint density at radius 3 is 2.80 bits per heavy atom. The molecule has 0 spiro atoms. The molecule has 0 aliphatic rings. The maximum atomic E-state index is 12.6. The molecule has 0 aliphatic heterocycles. The Morgan fingerprint density at radius 2 is 2.20 bits per heavy atom. The van der Waals surface area contributed by atoms with E-state index in [0.717, 1.165) is 17.4 Å². The fraction of sp³-hybridized carbons (Fsp3) is 0.692. The molecule has 114 valence electrons. The van der Waals surface area contributed by atoms with E-state index < -0.39 is 6.55 Å². The fourth-order valence-electron chi connectivity index (χ4n) is 1.77. The summed E-state index contributed by atoms with van der Waals surface area (Å²) >= 11 is 0. The van der Waals surface area contributed by atoms with Crippen molar-refractivity contribution in [1.82, 2.24) is 19.8 Å². The quantitative estimate of drug-likeness (QED) is 0.784. The number of rotatable bonds is 7. The van der Waals surface area contributed by atoms with Gasteiger partial charge in [-0.2, -0.15) is 8.78 Å². The summed E-state index contributed by atoms with van der Waals surface area (Å²) in [5.74, 6) is 0.767. The number of nitrogens with one attached hydrogen (secondary N) is 1. The summed E-state index contributed by atoms with van der Waals surface area (Å²) in [7, 11) is 1.56. The average molecular weight is 288 g/mol. The summed E-state index contributed by atoms with van der Waals surface area (Å²) in [5.41, 5.74) is 0. The second-order valence-electron chi connectivity index (χ2n) is 5.15. The zero-order valence-corrected chi connectivity index (χ0v) is 12.1. The molecule has 1 rings (SSSR count). The van der Waals surface area contributed by atoms with Gasteiger partial charge in [0.05, 0.1) is 6.54 Å². The number of nitrogens with zero attached hydrogens (tertiary/aromatic N) is 3. The summed E-state index contributed by atoms with van der Waals surface area (Å²) in [5, 5.41) is 2.76. The van der Waals surface area contributed by atoms with Crippen LogP contribution in [-0.4, -0.2) is 34.1 Å². The lowest BCUT2D eigenvalue weighted by atomic mass is 10.1. The zero-order chi connectivity index (χ0) is 15.1. The number of aromatic nitrogens is 2. The third-order valence-corrected chi connectivity index (χ3v) is 2.92. The van der Waals surface area contributed by atoms with Crippen LogP contribution in [-0.2, 0) is 6.54 Å². The van der Waals surface area contributed by atoms with Gasteiger partial charge in [0.2, 0.25) is 0 Å². The van der Waals surface area contributed by atoms with Crippen molar-refractivity contribution >= 4 is 6.03 Å². The molecule has 0 bridgehead atoms. The predicted molar refractivity (Wildman–Crippen MR) is 72.4 cm³/mol. The van der Waals surface area contributed by atoms with Crippen LogP contribution < -0.4 is 5.32 Å². The number of imidazole rings is 1. The molecule has 1 heterocycles. The second-order valence-corrected chi connectivity index (χ2v) is 5.15. The molecule has 7 heteroatoms. The van der Waals surface area contributed by atoms with E-state index in [-0.39, 0.29) is 18.4 Å². The lowest BCUT2D eigenvalue weighted by Crippen LogP contribution is -2.38. The first-order chi connectivity index (χ1) is 9.41. The minimum atomic E-state index is -2.64. The van der Waals surface area contributed by atoms with E-state index in [9.17, 15) is 13.6 Å². The van der Waals surface area contributed by atoms with Crippen LogP contribution in [0, 0.1) is 5.92 Å². The van der Waals surface area contributed by atoms with E-state index in [1.54, 1.807) is 7.05 Å². The van der Waals surface area contributed by atoms with Crippen molar-refractivity contribution in [3.8, 4) is 0 Å². The van der Waals surface area contributed by atoms with Crippen molar-refractivity contribution in [1.29, 1.82) is 0 Å². The van der Waals surface area contributed by atoms with E-state index in [1.807, 2.05) is 0 Å². The van der Waals surface area contributed by atoms with Crippen LogP contribution in [0.3, 0.4) is 0 Å². The van der Waals surface area contributed by atoms with Crippen molar-refractivity contribution in [2.45, 2.75) is 39.8 Å². The summed E-state index contributed by atoms with van der Waals surface area (Å²) in [4.78, 5) is 17.0. The monoisotopic (exact) mass is 288 g/mol. The van der Waals surface area contributed by atoms with Gasteiger partial charge in [-0.05, 0) is 18.8 Å². The molecule has 20 heavy (non-hydrogen) atoms. The molecule has 1 aromatic rings. The van der Waals surface area contributed by atoms with Crippen molar-refractivity contribution in [2.24, 2.45) is 5.92 Å². The maximum absolute atomic E-state index is 12.6. The van der Waals surface area contributed by atoms with Crippen molar-refractivity contribution in [2.75, 3.05) is 13.6 Å². The van der Waals surface area contributed by atoms with Gasteiger partial charge in [-0.25, -0.2) is 9.78 Å². The van der Waals surface area contributed by atoms with E-state index in [4.69, 9.17) is 0 Å². The van der Waals surface area contributed by atoms with Gasteiger partial charge < -0.3 is 10.2 Å². The molecule has 5 nitrogen and oxygen atoms in total. The second kappa shape index (κ2) is 7.81. The van der Waals surface area contributed by atoms with Gasteiger partial charge >= 0.3 is 12.6 Å². The predicted octanol–water partition coefficient (Wildman–Crippen LogP) is 2.86. The molecule has 0 atom stereocenters. The number of urea groups is 1. The Hall–Kier alpha value is -1.66. The summed E-state index contributed by atoms with van der Waals surface area (Å²) in [6, 6.07) is -0.280. The van der Waals surface area contributed by atoms with E-state index in [1.165, 1.54) is 17.3 Å². The summed E-state index contributed by atoms with van der Waals surface area (Å²) < 4.78 is 26.0. The lowest BCUT2D eigenvalue weighted by molar-refractivity contribution is 0.0651. The summed E-state index contributed by atoms with van der Waals surface area (Å²) in [6.07, 6.45) is 4.45. The molecule has 0 saturated heterocycles. The lowest BCUT2D eigenvalue weighted by Gasteiger charge is -2.18. The molecular formula is C13H22F2N4O. The number of hydrogen-bond acceptors (Lipinski definition) is 2. The Morgan fingerprint density at radius 1 is 1.50 bits per heavy atom. The molecule has 0 unspecified atom stereocenters. The Labute approximate surface area is 118 Å². The van der Waals surface area contributed by atoms with Gasteiger partial charge in [-0.3, -0.25) is 4.57 Å². The van der Waals surface area contributed by atoms with Gasteiger partial charge in [-0.1, -0.05) is 13.8 Å². The molecule has 0 radical (unpaired) electrons.